The van der Waals surface area contributed by atoms with Crippen LogP contribution in [0.25, 0.3) is 11.0 Å². The Labute approximate surface area is 139 Å². The molecule has 0 aliphatic heterocycles. The molecule has 0 bridgehead atoms. The van der Waals surface area contributed by atoms with Crippen LogP contribution in [0, 0.1) is 0 Å². The van der Waals surface area contributed by atoms with Crippen LogP contribution in [0.3, 0.4) is 0 Å². The SMILES string of the molecule is CCCCCC/C(=C(\B(O)O)c1ccccc1)c1ccccc1. The van der Waals surface area contributed by atoms with Gasteiger partial charge in [-0.2, -0.15) is 0 Å². The summed E-state index contributed by atoms with van der Waals surface area (Å²) in [6, 6.07) is 19.7. The molecule has 0 spiro atoms. The second kappa shape index (κ2) is 9.34. The van der Waals surface area contributed by atoms with Crippen molar-refractivity contribution in [3.63, 3.8) is 0 Å². The maximum absolute atomic E-state index is 10.00. The van der Waals surface area contributed by atoms with Crippen molar-refractivity contribution in [2.24, 2.45) is 0 Å². The summed E-state index contributed by atoms with van der Waals surface area (Å²) in [5.74, 6) is 0. The van der Waals surface area contributed by atoms with Gasteiger partial charge in [-0.3, -0.25) is 0 Å². The highest BCUT2D eigenvalue weighted by atomic mass is 16.4. The van der Waals surface area contributed by atoms with E-state index < -0.39 is 7.12 Å². The van der Waals surface area contributed by atoms with Gasteiger partial charge in [0.05, 0.1) is 0 Å². The smallest absolute Gasteiger partial charge is 0.423 e. The lowest BCUT2D eigenvalue weighted by molar-refractivity contribution is 0.427. The zero-order valence-electron chi connectivity index (χ0n) is 13.8. The molecule has 3 heteroatoms. The van der Waals surface area contributed by atoms with E-state index in [1.807, 2.05) is 60.7 Å². The van der Waals surface area contributed by atoms with Crippen LogP contribution in [0.1, 0.15) is 50.2 Å². The van der Waals surface area contributed by atoms with E-state index in [0.717, 1.165) is 36.0 Å². The number of hydrogen-bond acceptors (Lipinski definition) is 2. The topological polar surface area (TPSA) is 40.5 Å². The number of benzene rings is 2. The molecular formula is C20H25BO2. The lowest BCUT2D eigenvalue weighted by atomic mass is 9.70. The summed E-state index contributed by atoms with van der Waals surface area (Å²) in [6.07, 6.45) is 5.48. The van der Waals surface area contributed by atoms with Crippen LogP contribution >= 0.6 is 0 Å². The highest BCUT2D eigenvalue weighted by molar-refractivity contribution is 6.68. The van der Waals surface area contributed by atoms with E-state index >= 15 is 0 Å². The predicted octanol–water partition coefficient (Wildman–Crippen LogP) is 4.58. The van der Waals surface area contributed by atoms with Crippen molar-refractivity contribution in [1.29, 1.82) is 0 Å². The monoisotopic (exact) mass is 308 g/mol. The third kappa shape index (κ3) is 5.09. The summed E-state index contributed by atoms with van der Waals surface area (Å²) >= 11 is 0. The summed E-state index contributed by atoms with van der Waals surface area (Å²) in [5, 5.41) is 20.0. The summed E-state index contributed by atoms with van der Waals surface area (Å²) < 4.78 is 0. The Morgan fingerprint density at radius 2 is 1.35 bits per heavy atom. The van der Waals surface area contributed by atoms with Crippen LogP contribution in [0.4, 0.5) is 0 Å². The first kappa shape index (κ1) is 17.5. The van der Waals surface area contributed by atoms with E-state index in [2.05, 4.69) is 6.92 Å². The first-order valence-electron chi connectivity index (χ1n) is 8.44. The van der Waals surface area contributed by atoms with E-state index in [1.54, 1.807) is 0 Å². The lowest BCUT2D eigenvalue weighted by Gasteiger charge is -2.16. The minimum atomic E-state index is -1.47. The summed E-state index contributed by atoms with van der Waals surface area (Å²) in [5.41, 5.74) is 3.59. The van der Waals surface area contributed by atoms with Crippen LogP contribution in [0.15, 0.2) is 60.7 Å². The first-order valence-corrected chi connectivity index (χ1v) is 8.44. The van der Waals surface area contributed by atoms with E-state index in [9.17, 15) is 10.0 Å². The molecule has 2 aromatic carbocycles. The average Bonchev–Trinajstić information content (AvgIpc) is 2.59. The van der Waals surface area contributed by atoms with Gasteiger partial charge < -0.3 is 10.0 Å². The van der Waals surface area contributed by atoms with Gasteiger partial charge in [0.25, 0.3) is 0 Å². The molecule has 0 amide bonds. The summed E-state index contributed by atoms with van der Waals surface area (Å²) in [6.45, 7) is 2.20. The highest BCUT2D eigenvalue weighted by Gasteiger charge is 2.22. The second-order valence-electron chi connectivity index (χ2n) is 5.81. The summed E-state index contributed by atoms with van der Waals surface area (Å²) in [4.78, 5) is 0. The van der Waals surface area contributed by atoms with Crippen molar-refractivity contribution in [3.8, 4) is 0 Å². The molecule has 0 saturated heterocycles. The number of allylic oxidation sites excluding steroid dienone is 1. The van der Waals surface area contributed by atoms with Crippen LogP contribution in [-0.4, -0.2) is 17.2 Å². The van der Waals surface area contributed by atoms with Crippen LogP contribution in [0.5, 0.6) is 0 Å². The van der Waals surface area contributed by atoms with Crippen molar-refractivity contribution in [2.75, 3.05) is 0 Å². The first-order chi connectivity index (χ1) is 11.2. The molecule has 0 aliphatic rings. The van der Waals surface area contributed by atoms with Crippen molar-refractivity contribution in [3.05, 3.63) is 71.8 Å². The fraction of sp³-hybridized carbons (Fsp3) is 0.300. The van der Waals surface area contributed by atoms with Gasteiger partial charge in [0.1, 0.15) is 0 Å². The molecule has 0 fully saturated rings. The van der Waals surface area contributed by atoms with Gasteiger partial charge in [0, 0.05) is 0 Å². The average molecular weight is 308 g/mol. The zero-order chi connectivity index (χ0) is 16.5. The minimum absolute atomic E-state index is 0.619. The maximum Gasteiger partial charge on any atom is 0.489 e. The molecule has 2 nitrogen and oxygen atoms in total. The normalized spacial score (nSPS) is 12.0. The number of unbranched alkanes of at least 4 members (excludes halogenated alkanes) is 3. The van der Waals surface area contributed by atoms with Gasteiger partial charge in [-0.05, 0) is 35.0 Å². The van der Waals surface area contributed by atoms with Crippen molar-refractivity contribution >= 4 is 18.2 Å². The Morgan fingerprint density at radius 3 is 1.87 bits per heavy atom. The van der Waals surface area contributed by atoms with Gasteiger partial charge in [-0.25, -0.2) is 0 Å². The minimum Gasteiger partial charge on any atom is -0.423 e. The van der Waals surface area contributed by atoms with E-state index in [1.165, 1.54) is 12.8 Å². The Kier molecular flexibility index (Phi) is 7.11. The van der Waals surface area contributed by atoms with E-state index in [-0.39, 0.29) is 0 Å². The molecule has 0 unspecified atom stereocenters. The van der Waals surface area contributed by atoms with Gasteiger partial charge in [0.15, 0.2) is 0 Å². The molecular weight excluding hydrogens is 283 g/mol. The molecule has 2 N–H and O–H groups in total. The third-order valence-electron chi connectivity index (χ3n) is 4.07. The lowest BCUT2D eigenvalue weighted by Crippen LogP contribution is -2.16. The number of hydrogen-bond donors (Lipinski definition) is 2. The van der Waals surface area contributed by atoms with Gasteiger partial charge in [-0.15, -0.1) is 0 Å². The molecule has 0 aromatic heterocycles. The van der Waals surface area contributed by atoms with Crippen molar-refractivity contribution in [2.45, 2.75) is 39.0 Å². The van der Waals surface area contributed by atoms with E-state index in [0.29, 0.717) is 5.47 Å². The van der Waals surface area contributed by atoms with Crippen LogP contribution in [-0.2, 0) is 0 Å². The molecule has 0 atom stereocenters. The second-order valence-corrected chi connectivity index (χ2v) is 5.81. The quantitative estimate of drug-likeness (QED) is 0.426. The molecule has 0 heterocycles. The fourth-order valence-electron chi connectivity index (χ4n) is 2.90. The standard InChI is InChI=1S/C20H25BO2/c1-2-3-4-11-16-19(17-12-7-5-8-13-17)20(21(22)23)18-14-9-6-10-15-18/h5-10,12-15,22-23H,2-4,11,16H2,1H3/b20-19+. The Hall–Kier alpha value is -1.84. The third-order valence-corrected chi connectivity index (χ3v) is 4.07. The zero-order valence-corrected chi connectivity index (χ0v) is 13.8. The molecule has 120 valence electrons. The molecule has 2 rings (SSSR count). The fourth-order valence-corrected chi connectivity index (χ4v) is 2.90. The molecule has 23 heavy (non-hydrogen) atoms. The van der Waals surface area contributed by atoms with Gasteiger partial charge >= 0.3 is 7.12 Å². The van der Waals surface area contributed by atoms with E-state index in [4.69, 9.17) is 0 Å². The van der Waals surface area contributed by atoms with Crippen LogP contribution < -0.4 is 0 Å². The highest BCUT2D eigenvalue weighted by Crippen LogP contribution is 2.31. The Bertz CT molecular complexity index is 606. The Balaban J connectivity index is 2.42. The van der Waals surface area contributed by atoms with Crippen molar-refractivity contribution in [1.82, 2.24) is 0 Å². The molecule has 0 saturated carbocycles. The predicted molar refractivity (Wildman–Crippen MR) is 98.6 cm³/mol. The van der Waals surface area contributed by atoms with Crippen LogP contribution in [0.2, 0.25) is 0 Å². The maximum atomic E-state index is 10.00. The summed E-state index contributed by atoms with van der Waals surface area (Å²) in [7, 11) is -1.47. The van der Waals surface area contributed by atoms with Gasteiger partial charge in [-0.1, -0.05) is 86.8 Å². The van der Waals surface area contributed by atoms with Gasteiger partial charge in [0.2, 0.25) is 0 Å². The molecule has 2 aromatic rings. The largest absolute Gasteiger partial charge is 0.489 e. The molecule has 0 aliphatic carbocycles. The van der Waals surface area contributed by atoms with Crippen molar-refractivity contribution < 1.29 is 10.0 Å². The number of rotatable bonds is 8. The Morgan fingerprint density at radius 1 is 0.783 bits per heavy atom. The molecule has 0 radical (unpaired) electrons.